The van der Waals surface area contributed by atoms with E-state index < -0.39 is 27.4 Å². The first-order chi connectivity index (χ1) is 16.5. The van der Waals surface area contributed by atoms with E-state index in [4.69, 9.17) is 9.47 Å². The molecule has 3 rings (SSSR count). The molecule has 10 nitrogen and oxygen atoms in total. The summed E-state index contributed by atoms with van der Waals surface area (Å²) in [5.74, 6) is -0.141. The molecule has 0 spiro atoms. The van der Waals surface area contributed by atoms with Gasteiger partial charge in [-0.3, -0.25) is 14.5 Å². The molecule has 35 heavy (non-hydrogen) atoms. The molecule has 0 saturated carbocycles. The van der Waals surface area contributed by atoms with Crippen molar-refractivity contribution in [3.05, 3.63) is 59.7 Å². The molecule has 0 aliphatic carbocycles. The summed E-state index contributed by atoms with van der Waals surface area (Å²) in [4.78, 5) is 26.4. The van der Waals surface area contributed by atoms with E-state index in [9.17, 15) is 23.1 Å². The molecular formula is C24H31N3O7S. The Labute approximate surface area is 205 Å². The highest BCUT2D eigenvalue weighted by Crippen LogP contribution is 2.20. The van der Waals surface area contributed by atoms with Crippen molar-refractivity contribution >= 4 is 21.9 Å². The number of methoxy groups -OCH3 is 1. The number of nitrogens with zero attached hydrogens (tertiary/aromatic N) is 2. The SMILES string of the molecule is COc1ccc(COc2ccc(C(=O)NC[C@@](C)(C(=O)O)N3CCN(S(C)(=O)=O)CC3)cc2)cc1. The minimum Gasteiger partial charge on any atom is -0.497 e. The Morgan fingerprint density at radius 2 is 1.57 bits per heavy atom. The maximum Gasteiger partial charge on any atom is 0.325 e. The molecular weight excluding hydrogens is 474 g/mol. The van der Waals surface area contributed by atoms with Crippen molar-refractivity contribution in [2.24, 2.45) is 0 Å². The fourth-order valence-electron chi connectivity index (χ4n) is 3.78. The molecule has 190 valence electrons. The Morgan fingerprint density at radius 3 is 2.09 bits per heavy atom. The van der Waals surface area contributed by atoms with Crippen LogP contribution in [0, 0.1) is 0 Å². The van der Waals surface area contributed by atoms with Gasteiger partial charge in [0.25, 0.3) is 5.91 Å². The lowest BCUT2D eigenvalue weighted by Gasteiger charge is -2.42. The number of hydrogen-bond donors (Lipinski definition) is 2. The zero-order chi connectivity index (χ0) is 25.6. The third-order valence-corrected chi connectivity index (χ3v) is 7.44. The lowest BCUT2D eigenvalue weighted by Crippen LogP contribution is -2.63. The van der Waals surface area contributed by atoms with Gasteiger partial charge in [-0.25, -0.2) is 8.42 Å². The van der Waals surface area contributed by atoms with Gasteiger partial charge in [0.15, 0.2) is 0 Å². The van der Waals surface area contributed by atoms with E-state index in [1.54, 1.807) is 36.3 Å². The fourth-order valence-corrected chi connectivity index (χ4v) is 4.61. The first kappa shape index (κ1) is 26.5. The predicted octanol–water partition coefficient (Wildman–Crippen LogP) is 1.42. The molecule has 2 aromatic carbocycles. The predicted molar refractivity (Wildman–Crippen MR) is 130 cm³/mol. The molecule has 1 atom stereocenters. The second-order valence-electron chi connectivity index (χ2n) is 8.57. The number of carboxylic acids is 1. The number of ether oxygens (including phenoxy) is 2. The summed E-state index contributed by atoms with van der Waals surface area (Å²) >= 11 is 0. The second kappa shape index (κ2) is 11.1. The van der Waals surface area contributed by atoms with E-state index in [-0.39, 0.29) is 32.7 Å². The van der Waals surface area contributed by atoms with Crippen molar-refractivity contribution in [3.63, 3.8) is 0 Å². The van der Waals surface area contributed by atoms with Crippen molar-refractivity contribution in [1.82, 2.24) is 14.5 Å². The standard InChI is InChI=1S/C24H31N3O7S/c1-24(23(29)30,26-12-14-27(15-13-26)35(3,31)32)17-25-22(28)19-6-10-21(11-7-19)34-16-18-4-8-20(33-2)9-5-18/h4-11H,12-17H2,1-3H3,(H,25,28)(H,29,30)/t24-/m0/s1. The van der Waals surface area contributed by atoms with Crippen LogP contribution in [-0.2, 0) is 21.4 Å². The highest BCUT2D eigenvalue weighted by atomic mass is 32.2. The van der Waals surface area contributed by atoms with E-state index in [1.807, 2.05) is 24.3 Å². The van der Waals surface area contributed by atoms with Gasteiger partial charge >= 0.3 is 5.97 Å². The third kappa shape index (κ3) is 6.71. The van der Waals surface area contributed by atoms with Crippen molar-refractivity contribution < 1.29 is 32.6 Å². The number of aliphatic carboxylic acids is 1. The maximum atomic E-state index is 12.7. The van der Waals surface area contributed by atoms with Crippen LogP contribution in [0.5, 0.6) is 11.5 Å². The van der Waals surface area contributed by atoms with Crippen molar-refractivity contribution in [1.29, 1.82) is 0 Å². The Kier molecular flexibility index (Phi) is 8.36. The number of carboxylic acid groups (broad SMARTS) is 1. The average molecular weight is 506 g/mol. The molecule has 1 aliphatic rings. The Morgan fingerprint density at radius 1 is 1.00 bits per heavy atom. The number of rotatable bonds is 10. The molecule has 0 bridgehead atoms. The molecule has 2 N–H and O–H groups in total. The van der Waals surface area contributed by atoms with Gasteiger partial charge in [0.2, 0.25) is 10.0 Å². The maximum absolute atomic E-state index is 12.7. The zero-order valence-electron chi connectivity index (χ0n) is 20.1. The molecule has 0 unspecified atom stereocenters. The molecule has 1 aliphatic heterocycles. The smallest absolute Gasteiger partial charge is 0.325 e. The summed E-state index contributed by atoms with van der Waals surface area (Å²) in [7, 11) is -1.72. The van der Waals surface area contributed by atoms with Gasteiger partial charge in [-0.05, 0) is 48.9 Å². The summed E-state index contributed by atoms with van der Waals surface area (Å²) in [5, 5.41) is 12.6. The van der Waals surface area contributed by atoms with Gasteiger partial charge in [0.1, 0.15) is 23.6 Å². The molecule has 0 aromatic heterocycles. The third-order valence-electron chi connectivity index (χ3n) is 6.14. The van der Waals surface area contributed by atoms with Gasteiger partial charge in [0.05, 0.1) is 13.4 Å². The Hall–Kier alpha value is -3.15. The van der Waals surface area contributed by atoms with Gasteiger partial charge < -0.3 is 19.9 Å². The van der Waals surface area contributed by atoms with Crippen LogP contribution in [0.15, 0.2) is 48.5 Å². The number of nitrogens with one attached hydrogen (secondary N) is 1. The van der Waals surface area contributed by atoms with Gasteiger partial charge in [0, 0.05) is 38.3 Å². The lowest BCUT2D eigenvalue weighted by molar-refractivity contribution is -0.151. The molecule has 2 aromatic rings. The van der Waals surface area contributed by atoms with E-state index in [1.165, 1.54) is 11.2 Å². The van der Waals surface area contributed by atoms with Crippen LogP contribution in [0.1, 0.15) is 22.8 Å². The molecule has 1 heterocycles. The second-order valence-corrected chi connectivity index (χ2v) is 10.6. The number of amides is 1. The summed E-state index contributed by atoms with van der Waals surface area (Å²) in [5.41, 5.74) is -0.0323. The van der Waals surface area contributed by atoms with Crippen LogP contribution in [0.2, 0.25) is 0 Å². The first-order valence-corrected chi connectivity index (χ1v) is 13.0. The van der Waals surface area contributed by atoms with Crippen LogP contribution >= 0.6 is 0 Å². The fraction of sp³-hybridized carbons (Fsp3) is 0.417. The normalized spacial score (nSPS) is 16.8. The Bertz CT molecular complexity index is 1130. The molecule has 1 fully saturated rings. The molecule has 1 amide bonds. The summed E-state index contributed by atoms with van der Waals surface area (Å²) in [6.07, 6.45) is 1.13. The van der Waals surface area contributed by atoms with E-state index in [0.29, 0.717) is 17.9 Å². The number of hydrogen-bond acceptors (Lipinski definition) is 7. The average Bonchev–Trinajstić information content (AvgIpc) is 2.86. The number of piperazine rings is 1. The van der Waals surface area contributed by atoms with Crippen LogP contribution in [0.25, 0.3) is 0 Å². The summed E-state index contributed by atoms with van der Waals surface area (Å²) in [6.45, 7) is 2.68. The van der Waals surface area contributed by atoms with Crippen LogP contribution < -0.4 is 14.8 Å². The van der Waals surface area contributed by atoms with Crippen molar-refractivity contribution in [3.8, 4) is 11.5 Å². The number of sulfonamides is 1. The van der Waals surface area contributed by atoms with Gasteiger partial charge in [-0.15, -0.1) is 0 Å². The molecule has 1 saturated heterocycles. The van der Waals surface area contributed by atoms with Crippen LogP contribution in [0.4, 0.5) is 0 Å². The number of carbonyl (C=O) groups is 2. The minimum atomic E-state index is -3.33. The molecule has 0 radical (unpaired) electrons. The summed E-state index contributed by atoms with van der Waals surface area (Å²) < 4.78 is 35.7. The van der Waals surface area contributed by atoms with E-state index >= 15 is 0 Å². The lowest BCUT2D eigenvalue weighted by atomic mass is 9.98. The largest absolute Gasteiger partial charge is 0.497 e. The van der Waals surface area contributed by atoms with Gasteiger partial charge in [-0.1, -0.05) is 12.1 Å². The quantitative estimate of drug-likeness (QED) is 0.497. The number of benzene rings is 2. The van der Waals surface area contributed by atoms with E-state index in [0.717, 1.165) is 17.6 Å². The summed E-state index contributed by atoms with van der Waals surface area (Å²) in [6, 6.07) is 14.1. The topological polar surface area (TPSA) is 125 Å². The van der Waals surface area contributed by atoms with Gasteiger partial charge in [-0.2, -0.15) is 4.31 Å². The first-order valence-electron chi connectivity index (χ1n) is 11.1. The highest BCUT2D eigenvalue weighted by Gasteiger charge is 2.42. The highest BCUT2D eigenvalue weighted by molar-refractivity contribution is 7.88. The van der Waals surface area contributed by atoms with Crippen molar-refractivity contribution in [2.45, 2.75) is 19.1 Å². The minimum absolute atomic E-state index is 0.129. The zero-order valence-corrected chi connectivity index (χ0v) is 20.9. The monoisotopic (exact) mass is 505 g/mol. The van der Waals surface area contributed by atoms with Crippen LogP contribution in [-0.4, -0.2) is 86.2 Å². The number of carbonyl (C=O) groups excluding carboxylic acids is 1. The van der Waals surface area contributed by atoms with Crippen molar-refractivity contribution in [2.75, 3.05) is 46.1 Å². The molecule has 11 heteroatoms. The Balaban J connectivity index is 1.55. The van der Waals surface area contributed by atoms with E-state index in [2.05, 4.69) is 5.32 Å². The van der Waals surface area contributed by atoms with Crippen LogP contribution in [0.3, 0.4) is 0 Å².